The first-order valence-corrected chi connectivity index (χ1v) is 8.15. The first kappa shape index (κ1) is 18.2. The van der Waals surface area contributed by atoms with Crippen molar-refractivity contribution in [1.29, 1.82) is 0 Å². The van der Waals surface area contributed by atoms with Crippen molar-refractivity contribution in [2.45, 2.75) is 6.61 Å². The van der Waals surface area contributed by atoms with Crippen LogP contribution in [0.2, 0.25) is 0 Å². The number of nitrogens with zero attached hydrogens (tertiary/aromatic N) is 2. The van der Waals surface area contributed by atoms with Crippen LogP contribution in [0.3, 0.4) is 0 Å². The van der Waals surface area contributed by atoms with Gasteiger partial charge in [0, 0.05) is 17.2 Å². The number of hydrogen-bond acceptors (Lipinski definition) is 7. The normalized spacial score (nSPS) is 10.7. The third kappa shape index (κ3) is 4.52. The third-order valence-corrected chi connectivity index (χ3v) is 3.66. The first-order valence-electron chi connectivity index (χ1n) is 8.15. The average molecular weight is 366 g/mol. The van der Waals surface area contributed by atoms with Gasteiger partial charge in [-0.25, -0.2) is 4.79 Å². The molecule has 0 saturated heterocycles. The van der Waals surface area contributed by atoms with Crippen LogP contribution in [0.4, 0.5) is 0 Å². The molecule has 27 heavy (non-hydrogen) atoms. The second-order valence-electron chi connectivity index (χ2n) is 5.39. The van der Waals surface area contributed by atoms with Crippen LogP contribution in [-0.2, 0) is 16.1 Å². The Kier molecular flexibility index (Phi) is 5.84. The van der Waals surface area contributed by atoms with Crippen molar-refractivity contribution in [3.63, 3.8) is 0 Å². The predicted molar refractivity (Wildman–Crippen MR) is 98.1 cm³/mol. The lowest BCUT2D eigenvalue weighted by Crippen LogP contribution is -2.01. The van der Waals surface area contributed by atoms with Crippen LogP contribution in [0.25, 0.3) is 17.5 Å². The summed E-state index contributed by atoms with van der Waals surface area (Å²) in [5.74, 6) is 1.16. The highest BCUT2D eigenvalue weighted by Crippen LogP contribution is 2.31. The zero-order valence-corrected chi connectivity index (χ0v) is 14.9. The molecule has 0 atom stereocenters. The van der Waals surface area contributed by atoms with E-state index in [1.165, 1.54) is 13.2 Å². The predicted octanol–water partition coefficient (Wildman–Crippen LogP) is 3.51. The second kappa shape index (κ2) is 8.66. The molecule has 0 amide bonds. The Morgan fingerprint density at radius 1 is 1.04 bits per heavy atom. The Morgan fingerprint density at radius 3 is 2.59 bits per heavy atom. The molecule has 0 bridgehead atoms. The van der Waals surface area contributed by atoms with E-state index in [0.717, 1.165) is 5.56 Å². The summed E-state index contributed by atoms with van der Waals surface area (Å²) in [5, 5.41) is 7.82. The van der Waals surface area contributed by atoms with E-state index in [0.29, 0.717) is 23.0 Å². The monoisotopic (exact) mass is 366 g/mol. The lowest BCUT2D eigenvalue weighted by molar-refractivity contribution is -0.139. The van der Waals surface area contributed by atoms with Crippen molar-refractivity contribution in [2.75, 3.05) is 14.2 Å². The Morgan fingerprint density at radius 2 is 1.85 bits per heavy atom. The smallest absolute Gasteiger partial charge is 0.331 e. The van der Waals surface area contributed by atoms with Gasteiger partial charge in [-0.15, -0.1) is 10.2 Å². The van der Waals surface area contributed by atoms with Crippen LogP contribution >= 0.6 is 0 Å². The van der Waals surface area contributed by atoms with E-state index in [1.807, 2.05) is 30.3 Å². The minimum absolute atomic E-state index is 0.113. The molecule has 3 aromatic rings. The number of ether oxygens (including phenoxy) is 3. The largest absolute Gasteiger partial charge is 0.493 e. The molecule has 0 spiro atoms. The Balaban J connectivity index is 1.61. The van der Waals surface area contributed by atoms with Crippen molar-refractivity contribution in [3.8, 4) is 23.0 Å². The molecular weight excluding hydrogens is 348 g/mol. The molecule has 0 N–H and O–H groups in total. The van der Waals surface area contributed by atoms with Gasteiger partial charge in [-0.3, -0.25) is 0 Å². The second-order valence-corrected chi connectivity index (χ2v) is 5.39. The molecule has 0 unspecified atom stereocenters. The molecule has 2 aromatic carbocycles. The van der Waals surface area contributed by atoms with Crippen molar-refractivity contribution < 1.29 is 23.4 Å². The molecule has 0 aliphatic carbocycles. The number of rotatable bonds is 7. The number of para-hydroxylation sites is 1. The molecular formula is C20H18N2O5. The third-order valence-electron chi connectivity index (χ3n) is 3.66. The molecule has 138 valence electrons. The fourth-order valence-corrected chi connectivity index (χ4v) is 2.39. The molecule has 7 heteroatoms. The van der Waals surface area contributed by atoms with Crippen LogP contribution in [0.15, 0.2) is 59.0 Å². The number of aromatic nitrogens is 2. The quantitative estimate of drug-likeness (QED) is 0.467. The molecule has 3 rings (SSSR count). The summed E-state index contributed by atoms with van der Waals surface area (Å²) in [7, 11) is 3.08. The van der Waals surface area contributed by atoms with Gasteiger partial charge in [-0.1, -0.05) is 30.3 Å². The Hall–Kier alpha value is -3.61. The Bertz CT molecular complexity index is 935. The molecule has 0 saturated carbocycles. The van der Waals surface area contributed by atoms with E-state index < -0.39 is 5.97 Å². The van der Waals surface area contributed by atoms with Gasteiger partial charge in [0.15, 0.2) is 18.1 Å². The van der Waals surface area contributed by atoms with Gasteiger partial charge in [0.1, 0.15) is 0 Å². The highest BCUT2D eigenvalue weighted by Gasteiger charge is 2.10. The van der Waals surface area contributed by atoms with E-state index in [4.69, 9.17) is 18.6 Å². The van der Waals surface area contributed by atoms with E-state index in [1.54, 1.807) is 31.4 Å². The molecule has 0 aliphatic rings. The van der Waals surface area contributed by atoms with Gasteiger partial charge in [0.25, 0.3) is 5.89 Å². The summed E-state index contributed by atoms with van der Waals surface area (Å²) >= 11 is 0. The maximum Gasteiger partial charge on any atom is 0.331 e. The fraction of sp³-hybridized carbons (Fsp3) is 0.150. The summed E-state index contributed by atoms with van der Waals surface area (Å²) in [6.07, 6.45) is 2.89. The zero-order chi connectivity index (χ0) is 19.1. The van der Waals surface area contributed by atoms with Gasteiger partial charge in [0.2, 0.25) is 5.89 Å². The van der Waals surface area contributed by atoms with E-state index >= 15 is 0 Å². The van der Waals surface area contributed by atoms with Crippen molar-refractivity contribution in [1.82, 2.24) is 10.2 Å². The number of hydrogen-bond donors (Lipinski definition) is 0. The summed E-state index contributed by atoms with van der Waals surface area (Å²) in [4.78, 5) is 11.9. The van der Waals surface area contributed by atoms with Gasteiger partial charge in [-0.2, -0.15) is 0 Å². The van der Waals surface area contributed by atoms with Crippen molar-refractivity contribution in [3.05, 3.63) is 66.1 Å². The number of methoxy groups -OCH3 is 2. The van der Waals surface area contributed by atoms with Crippen LogP contribution in [0, 0.1) is 0 Å². The van der Waals surface area contributed by atoms with Gasteiger partial charge >= 0.3 is 5.97 Å². The summed E-state index contributed by atoms with van der Waals surface area (Å²) < 4.78 is 21.2. The number of benzene rings is 2. The van der Waals surface area contributed by atoms with Gasteiger partial charge in [0.05, 0.1) is 14.2 Å². The van der Waals surface area contributed by atoms with Crippen molar-refractivity contribution in [2.24, 2.45) is 0 Å². The van der Waals surface area contributed by atoms with E-state index in [-0.39, 0.29) is 12.5 Å². The van der Waals surface area contributed by atoms with Gasteiger partial charge in [-0.05, 0) is 24.3 Å². The van der Waals surface area contributed by atoms with Crippen LogP contribution in [0.1, 0.15) is 11.5 Å². The highest BCUT2D eigenvalue weighted by molar-refractivity contribution is 5.87. The maximum atomic E-state index is 11.9. The van der Waals surface area contributed by atoms with E-state index in [2.05, 4.69) is 10.2 Å². The summed E-state index contributed by atoms with van der Waals surface area (Å²) in [5.41, 5.74) is 1.49. The topological polar surface area (TPSA) is 83.7 Å². The lowest BCUT2D eigenvalue weighted by atomic mass is 10.1. The van der Waals surface area contributed by atoms with Crippen LogP contribution in [-0.4, -0.2) is 30.4 Å². The standard InChI is InChI=1S/C20H18N2O5/c1-24-16-10-6-9-14(19(16)25-2)11-12-18(23)26-13-17-21-22-20(27-17)15-7-4-3-5-8-15/h3-12H,13H2,1-2H3/b12-11+. The fourth-order valence-electron chi connectivity index (χ4n) is 2.39. The molecule has 1 aromatic heterocycles. The number of esters is 1. The molecule has 7 nitrogen and oxygen atoms in total. The number of carbonyl (C=O) groups excluding carboxylic acids is 1. The highest BCUT2D eigenvalue weighted by atomic mass is 16.5. The van der Waals surface area contributed by atoms with Crippen LogP contribution < -0.4 is 9.47 Å². The molecule has 0 radical (unpaired) electrons. The summed E-state index contributed by atoms with van der Waals surface area (Å²) in [6, 6.07) is 14.7. The molecule has 0 aliphatic heterocycles. The SMILES string of the molecule is COc1cccc(/C=C/C(=O)OCc2nnc(-c3ccccc3)o2)c1OC. The van der Waals surface area contributed by atoms with Gasteiger partial charge < -0.3 is 18.6 Å². The maximum absolute atomic E-state index is 11.9. The minimum Gasteiger partial charge on any atom is -0.493 e. The van der Waals surface area contributed by atoms with E-state index in [9.17, 15) is 4.79 Å². The first-order chi connectivity index (χ1) is 13.2. The lowest BCUT2D eigenvalue weighted by Gasteiger charge is -2.09. The average Bonchev–Trinajstić information content (AvgIpc) is 3.20. The van der Waals surface area contributed by atoms with Crippen LogP contribution in [0.5, 0.6) is 11.5 Å². The summed E-state index contributed by atoms with van der Waals surface area (Å²) in [6.45, 7) is -0.113. The zero-order valence-electron chi connectivity index (χ0n) is 14.9. The minimum atomic E-state index is -0.542. The molecule has 0 fully saturated rings. The number of carbonyl (C=O) groups is 1. The molecule has 1 heterocycles. The van der Waals surface area contributed by atoms with Crippen molar-refractivity contribution >= 4 is 12.0 Å². The Labute approximate surface area is 156 Å².